The maximum atomic E-state index is 11.1. The highest BCUT2D eigenvalue weighted by Crippen LogP contribution is 2.32. The van der Waals surface area contributed by atoms with E-state index in [1.807, 2.05) is 24.3 Å². The molecule has 0 unspecified atom stereocenters. The average molecular weight is 416 g/mol. The third-order valence-electron chi connectivity index (χ3n) is 4.44. The molecule has 1 aliphatic heterocycles. The molecule has 1 aromatic carbocycles. The van der Waals surface area contributed by atoms with Gasteiger partial charge in [-0.3, -0.25) is 9.36 Å². The predicted molar refractivity (Wildman–Crippen MR) is 107 cm³/mol. The van der Waals surface area contributed by atoms with Gasteiger partial charge in [0.05, 0.1) is 19.0 Å². The van der Waals surface area contributed by atoms with Gasteiger partial charge in [0, 0.05) is 23.9 Å². The van der Waals surface area contributed by atoms with Crippen molar-refractivity contribution in [2.75, 3.05) is 16.6 Å². The van der Waals surface area contributed by atoms with Crippen molar-refractivity contribution in [3.05, 3.63) is 36.9 Å². The second-order valence-corrected chi connectivity index (χ2v) is 7.47. The number of nitrogens with zero attached hydrogens (tertiary/aromatic N) is 4. The van der Waals surface area contributed by atoms with Crippen LogP contribution in [0.1, 0.15) is 19.6 Å². The van der Waals surface area contributed by atoms with E-state index in [-0.39, 0.29) is 12.5 Å². The third kappa shape index (κ3) is 4.17. The molecule has 0 saturated carbocycles. The van der Waals surface area contributed by atoms with Gasteiger partial charge in [0.1, 0.15) is 12.4 Å². The number of aromatic nitrogens is 4. The average Bonchev–Trinajstić information content (AvgIpc) is 3.30. The van der Waals surface area contributed by atoms with Gasteiger partial charge in [-0.05, 0) is 36.2 Å². The van der Waals surface area contributed by atoms with Gasteiger partial charge in [0.15, 0.2) is 23.2 Å². The van der Waals surface area contributed by atoms with Gasteiger partial charge in [-0.15, -0.1) is 0 Å². The number of anilines is 2. The first-order valence-corrected chi connectivity index (χ1v) is 9.79. The SMILES string of the molecule is CC(=O)Nc1ccc(SNc2ncnc3c2ncn3[C@@H]2O[C@H](CO)C[C@H]2O)cc1. The molecule has 4 N–H and O–H groups in total. The number of rotatable bonds is 6. The molecule has 0 bridgehead atoms. The number of ether oxygens (including phenoxy) is 1. The minimum Gasteiger partial charge on any atom is -0.394 e. The molecule has 3 aromatic rings. The summed E-state index contributed by atoms with van der Waals surface area (Å²) in [4.78, 5) is 24.9. The van der Waals surface area contributed by atoms with E-state index in [9.17, 15) is 15.0 Å². The number of fused-ring (bicyclic) bond motifs is 1. The van der Waals surface area contributed by atoms with Crippen LogP contribution >= 0.6 is 11.9 Å². The number of amides is 1. The standard InChI is InChI=1S/C18H20N6O4S/c1-10(26)22-11-2-4-13(5-3-11)29-23-16-15-17(20-8-19-16)24(9-21-15)18-14(27)6-12(7-25)28-18/h2-5,8-9,12,14,18,25,27H,6-7H2,1H3,(H,22,26)(H,19,20,23)/t12-,14+,18+/m0/s1. The molecule has 11 heteroatoms. The van der Waals surface area contributed by atoms with Crippen LogP contribution < -0.4 is 10.0 Å². The quantitative estimate of drug-likeness (QED) is 0.441. The van der Waals surface area contributed by atoms with Crippen LogP contribution in [0.2, 0.25) is 0 Å². The molecule has 1 aliphatic rings. The molecule has 29 heavy (non-hydrogen) atoms. The van der Waals surface area contributed by atoms with Crippen molar-refractivity contribution in [2.45, 2.75) is 36.7 Å². The summed E-state index contributed by atoms with van der Waals surface area (Å²) in [6.45, 7) is 1.31. The van der Waals surface area contributed by atoms with Crippen LogP contribution in [0.4, 0.5) is 11.5 Å². The van der Waals surface area contributed by atoms with Crippen LogP contribution in [0.25, 0.3) is 11.2 Å². The highest BCUT2D eigenvalue weighted by atomic mass is 32.2. The van der Waals surface area contributed by atoms with Crippen molar-refractivity contribution < 1.29 is 19.7 Å². The third-order valence-corrected chi connectivity index (χ3v) is 5.25. The number of aliphatic hydroxyl groups is 2. The lowest BCUT2D eigenvalue weighted by Gasteiger charge is -2.16. The topological polar surface area (TPSA) is 134 Å². The highest BCUT2D eigenvalue weighted by Gasteiger charge is 2.36. The van der Waals surface area contributed by atoms with E-state index in [4.69, 9.17) is 4.74 Å². The zero-order valence-corrected chi connectivity index (χ0v) is 16.3. The van der Waals surface area contributed by atoms with Gasteiger partial charge in [-0.2, -0.15) is 0 Å². The second kappa shape index (κ2) is 8.33. The molecule has 1 saturated heterocycles. The van der Waals surface area contributed by atoms with Gasteiger partial charge < -0.3 is 25.0 Å². The van der Waals surface area contributed by atoms with Gasteiger partial charge >= 0.3 is 0 Å². The summed E-state index contributed by atoms with van der Waals surface area (Å²) in [5, 5.41) is 22.2. The van der Waals surface area contributed by atoms with Gasteiger partial charge in [0.2, 0.25) is 5.91 Å². The number of carbonyl (C=O) groups excluding carboxylic acids is 1. The summed E-state index contributed by atoms with van der Waals surface area (Å²) in [6.07, 6.45) is 1.48. The van der Waals surface area contributed by atoms with Crippen molar-refractivity contribution >= 4 is 40.5 Å². The lowest BCUT2D eigenvalue weighted by atomic mass is 10.2. The molecule has 3 atom stereocenters. The Bertz CT molecular complexity index is 1010. The van der Waals surface area contributed by atoms with Crippen LogP contribution in [0.5, 0.6) is 0 Å². The van der Waals surface area contributed by atoms with Crippen molar-refractivity contribution in [2.24, 2.45) is 0 Å². The number of hydrogen-bond acceptors (Lipinski definition) is 9. The number of hydrogen-bond donors (Lipinski definition) is 4. The molecule has 0 spiro atoms. The van der Waals surface area contributed by atoms with Gasteiger partial charge in [-0.1, -0.05) is 0 Å². The first-order valence-electron chi connectivity index (χ1n) is 8.97. The van der Waals surface area contributed by atoms with Crippen LogP contribution in [-0.2, 0) is 9.53 Å². The Kier molecular flexibility index (Phi) is 5.62. The zero-order chi connectivity index (χ0) is 20.4. The summed E-state index contributed by atoms with van der Waals surface area (Å²) in [5.41, 5.74) is 1.78. The minimum absolute atomic E-state index is 0.121. The van der Waals surface area contributed by atoms with Crippen LogP contribution in [-0.4, -0.2) is 54.5 Å². The van der Waals surface area contributed by atoms with E-state index in [1.54, 1.807) is 10.9 Å². The summed E-state index contributed by atoms with van der Waals surface area (Å²) >= 11 is 1.35. The number of imidazole rings is 1. The van der Waals surface area contributed by atoms with E-state index in [0.717, 1.165) is 10.6 Å². The fourth-order valence-corrected chi connectivity index (χ4v) is 3.76. The lowest BCUT2D eigenvalue weighted by molar-refractivity contribution is -0.114. The van der Waals surface area contributed by atoms with E-state index >= 15 is 0 Å². The first-order chi connectivity index (χ1) is 14.0. The number of carbonyl (C=O) groups is 1. The fourth-order valence-electron chi connectivity index (χ4n) is 3.13. The summed E-state index contributed by atoms with van der Waals surface area (Å²) in [5.74, 6) is 0.403. The van der Waals surface area contributed by atoms with E-state index in [2.05, 4.69) is 25.0 Å². The Hall–Kier alpha value is -2.73. The Morgan fingerprint density at radius 3 is 2.79 bits per heavy atom. The Morgan fingerprint density at radius 1 is 1.31 bits per heavy atom. The molecular formula is C18H20N6O4S. The number of aliphatic hydroxyl groups excluding tert-OH is 2. The fraction of sp³-hybridized carbons (Fsp3) is 0.333. The van der Waals surface area contributed by atoms with Crippen molar-refractivity contribution in [1.82, 2.24) is 19.5 Å². The summed E-state index contributed by atoms with van der Waals surface area (Å²) < 4.78 is 10.5. The normalized spacial score (nSPS) is 21.4. The first kappa shape index (κ1) is 19.6. The second-order valence-electron chi connectivity index (χ2n) is 6.59. The molecule has 0 aliphatic carbocycles. The predicted octanol–water partition coefficient (Wildman–Crippen LogP) is 1.54. The maximum Gasteiger partial charge on any atom is 0.221 e. The highest BCUT2D eigenvalue weighted by molar-refractivity contribution is 8.00. The molecule has 2 aromatic heterocycles. The monoisotopic (exact) mass is 416 g/mol. The zero-order valence-electron chi connectivity index (χ0n) is 15.5. The smallest absolute Gasteiger partial charge is 0.221 e. The molecule has 1 amide bonds. The Balaban J connectivity index is 1.50. The van der Waals surface area contributed by atoms with E-state index in [0.29, 0.717) is 23.4 Å². The maximum absolute atomic E-state index is 11.1. The van der Waals surface area contributed by atoms with Crippen LogP contribution in [0.15, 0.2) is 41.8 Å². The van der Waals surface area contributed by atoms with Crippen LogP contribution in [0.3, 0.4) is 0 Å². The van der Waals surface area contributed by atoms with Crippen molar-refractivity contribution in [3.8, 4) is 0 Å². The number of benzene rings is 1. The van der Waals surface area contributed by atoms with Crippen molar-refractivity contribution in [3.63, 3.8) is 0 Å². The van der Waals surface area contributed by atoms with E-state index < -0.39 is 18.4 Å². The summed E-state index contributed by atoms with van der Waals surface area (Å²) in [7, 11) is 0. The van der Waals surface area contributed by atoms with Gasteiger partial charge in [-0.25, -0.2) is 15.0 Å². The molecule has 152 valence electrons. The van der Waals surface area contributed by atoms with Crippen LogP contribution in [0, 0.1) is 0 Å². The molecule has 3 heterocycles. The Labute approximate surface area is 170 Å². The lowest BCUT2D eigenvalue weighted by Crippen LogP contribution is -2.19. The number of nitrogens with one attached hydrogen (secondary N) is 2. The molecule has 4 rings (SSSR count). The minimum atomic E-state index is -0.757. The Morgan fingerprint density at radius 2 is 2.10 bits per heavy atom. The van der Waals surface area contributed by atoms with Gasteiger partial charge in [0.25, 0.3) is 0 Å². The summed E-state index contributed by atoms with van der Waals surface area (Å²) in [6, 6.07) is 7.37. The molecule has 0 radical (unpaired) electrons. The molecular weight excluding hydrogens is 396 g/mol. The van der Waals surface area contributed by atoms with E-state index in [1.165, 1.54) is 25.2 Å². The largest absolute Gasteiger partial charge is 0.394 e. The molecule has 10 nitrogen and oxygen atoms in total. The molecule has 1 fully saturated rings. The van der Waals surface area contributed by atoms with Crippen molar-refractivity contribution in [1.29, 1.82) is 0 Å².